The summed E-state index contributed by atoms with van der Waals surface area (Å²) in [5, 5.41) is 4.43. The monoisotopic (exact) mass is 208 g/mol. The molecule has 1 aliphatic heterocycles. The van der Waals surface area contributed by atoms with Crippen LogP contribution >= 0.6 is 0 Å². The second-order valence-corrected chi connectivity index (χ2v) is 5.54. The lowest BCUT2D eigenvalue weighted by Gasteiger charge is -2.18. The van der Waals surface area contributed by atoms with Crippen LogP contribution in [0.2, 0.25) is 0 Å². The van der Waals surface area contributed by atoms with Gasteiger partial charge in [0.1, 0.15) is 0 Å². The van der Waals surface area contributed by atoms with Gasteiger partial charge >= 0.3 is 0 Å². The summed E-state index contributed by atoms with van der Waals surface area (Å²) in [5.41, 5.74) is 1.33. The summed E-state index contributed by atoms with van der Waals surface area (Å²) in [7, 11) is 0. The van der Waals surface area contributed by atoms with Gasteiger partial charge in [-0.2, -0.15) is 5.10 Å². The van der Waals surface area contributed by atoms with Crippen LogP contribution in [0.25, 0.3) is 0 Å². The topological polar surface area (TPSA) is 27.1 Å². The molecule has 2 rings (SSSR count). The first-order valence-corrected chi connectivity index (χ1v) is 5.67. The Morgan fingerprint density at radius 3 is 2.87 bits per heavy atom. The van der Waals surface area contributed by atoms with Crippen molar-refractivity contribution in [2.45, 2.75) is 46.1 Å². The summed E-state index contributed by atoms with van der Waals surface area (Å²) in [4.78, 5) is 0. The number of aromatic nitrogens is 2. The van der Waals surface area contributed by atoms with Crippen LogP contribution in [0.4, 0.5) is 0 Å². The Balaban J connectivity index is 2.38. The largest absolute Gasteiger partial charge is 0.478 e. The van der Waals surface area contributed by atoms with Crippen LogP contribution in [0.5, 0.6) is 5.88 Å². The Hall–Kier alpha value is -0.990. The van der Waals surface area contributed by atoms with Gasteiger partial charge in [0.25, 0.3) is 0 Å². The SMILES string of the molecule is CC1CCOc2c(C(C)(C)C)cnn2C1. The minimum atomic E-state index is 0.112. The molecule has 0 spiro atoms. The van der Waals surface area contributed by atoms with Gasteiger partial charge in [-0.15, -0.1) is 0 Å². The average molecular weight is 208 g/mol. The van der Waals surface area contributed by atoms with E-state index < -0.39 is 0 Å². The number of ether oxygens (including phenoxy) is 1. The number of rotatable bonds is 0. The van der Waals surface area contributed by atoms with E-state index in [1.807, 2.05) is 10.9 Å². The highest BCUT2D eigenvalue weighted by molar-refractivity contribution is 5.31. The van der Waals surface area contributed by atoms with Gasteiger partial charge in [0.05, 0.1) is 12.8 Å². The highest BCUT2D eigenvalue weighted by Crippen LogP contribution is 2.33. The number of hydrogen-bond donors (Lipinski definition) is 0. The molecule has 0 saturated carbocycles. The molecule has 1 aliphatic rings. The molecule has 1 aromatic heterocycles. The quantitative estimate of drug-likeness (QED) is 0.655. The molecule has 0 bridgehead atoms. The Morgan fingerprint density at radius 2 is 2.20 bits per heavy atom. The van der Waals surface area contributed by atoms with Crippen LogP contribution in [0.3, 0.4) is 0 Å². The molecule has 0 fully saturated rings. The fraction of sp³-hybridized carbons (Fsp3) is 0.750. The van der Waals surface area contributed by atoms with Gasteiger partial charge in [0.2, 0.25) is 5.88 Å². The van der Waals surface area contributed by atoms with E-state index >= 15 is 0 Å². The number of nitrogens with zero attached hydrogens (tertiary/aromatic N) is 2. The Bertz CT molecular complexity index is 349. The van der Waals surface area contributed by atoms with Crippen LogP contribution in [0, 0.1) is 5.92 Å². The van der Waals surface area contributed by atoms with E-state index in [0.29, 0.717) is 5.92 Å². The van der Waals surface area contributed by atoms with Gasteiger partial charge < -0.3 is 4.74 Å². The minimum Gasteiger partial charge on any atom is -0.478 e. The molecule has 3 nitrogen and oxygen atoms in total. The molecule has 0 aromatic carbocycles. The summed E-state index contributed by atoms with van der Waals surface area (Å²) in [6, 6.07) is 0. The molecule has 0 saturated heterocycles. The Labute approximate surface area is 91.4 Å². The lowest BCUT2D eigenvalue weighted by molar-refractivity contribution is 0.288. The highest BCUT2D eigenvalue weighted by atomic mass is 16.5. The third-order valence-electron chi connectivity index (χ3n) is 2.93. The Kier molecular flexibility index (Phi) is 2.49. The zero-order valence-electron chi connectivity index (χ0n) is 10.1. The lowest BCUT2D eigenvalue weighted by Crippen LogP contribution is -2.13. The van der Waals surface area contributed by atoms with Crippen molar-refractivity contribution in [2.24, 2.45) is 5.92 Å². The molecule has 1 unspecified atom stereocenters. The molecule has 0 amide bonds. The fourth-order valence-electron chi connectivity index (χ4n) is 1.91. The van der Waals surface area contributed by atoms with Crippen molar-refractivity contribution in [3.8, 4) is 5.88 Å². The van der Waals surface area contributed by atoms with Crippen molar-refractivity contribution in [1.82, 2.24) is 9.78 Å². The molecule has 0 aliphatic carbocycles. The normalized spacial score (nSPS) is 21.7. The third-order valence-corrected chi connectivity index (χ3v) is 2.93. The van der Waals surface area contributed by atoms with Crippen molar-refractivity contribution < 1.29 is 4.74 Å². The van der Waals surface area contributed by atoms with Crippen molar-refractivity contribution in [2.75, 3.05) is 6.61 Å². The molecule has 2 heterocycles. The number of fused-ring (bicyclic) bond motifs is 1. The molecule has 1 atom stereocenters. The fourth-order valence-corrected chi connectivity index (χ4v) is 1.91. The minimum absolute atomic E-state index is 0.112. The maximum absolute atomic E-state index is 5.82. The summed E-state index contributed by atoms with van der Waals surface area (Å²) < 4.78 is 7.83. The van der Waals surface area contributed by atoms with E-state index in [2.05, 4.69) is 32.8 Å². The number of hydrogen-bond acceptors (Lipinski definition) is 2. The second-order valence-electron chi connectivity index (χ2n) is 5.54. The van der Waals surface area contributed by atoms with Crippen molar-refractivity contribution in [3.63, 3.8) is 0 Å². The van der Waals surface area contributed by atoms with Crippen LogP contribution in [-0.4, -0.2) is 16.4 Å². The van der Waals surface area contributed by atoms with E-state index in [9.17, 15) is 0 Å². The second kappa shape index (κ2) is 3.54. The molecule has 84 valence electrons. The van der Waals surface area contributed by atoms with Crippen LogP contribution in [0.1, 0.15) is 39.7 Å². The maximum atomic E-state index is 5.82. The predicted octanol–water partition coefficient (Wildman–Crippen LogP) is 2.60. The summed E-state index contributed by atoms with van der Waals surface area (Å²) >= 11 is 0. The van der Waals surface area contributed by atoms with Gasteiger partial charge in [0.15, 0.2) is 0 Å². The van der Waals surface area contributed by atoms with E-state index in [-0.39, 0.29) is 5.41 Å². The molecular weight excluding hydrogens is 188 g/mol. The van der Waals surface area contributed by atoms with Gasteiger partial charge in [-0.25, -0.2) is 4.68 Å². The average Bonchev–Trinajstić information content (AvgIpc) is 2.40. The highest BCUT2D eigenvalue weighted by Gasteiger charge is 2.25. The first kappa shape index (κ1) is 10.5. The summed E-state index contributed by atoms with van der Waals surface area (Å²) in [5.74, 6) is 1.63. The first-order chi connectivity index (χ1) is 6.98. The van der Waals surface area contributed by atoms with E-state index in [1.165, 1.54) is 5.56 Å². The van der Waals surface area contributed by atoms with Crippen LogP contribution in [-0.2, 0) is 12.0 Å². The molecule has 3 heteroatoms. The standard InChI is InChI=1S/C12H20N2O/c1-9-5-6-15-11-10(12(2,3)4)7-13-14(11)8-9/h7,9H,5-6,8H2,1-4H3. The van der Waals surface area contributed by atoms with E-state index in [1.54, 1.807) is 0 Å². The van der Waals surface area contributed by atoms with E-state index in [4.69, 9.17) is 4.74 Å². The van der Waals surface area contributed by atoms with Gasteiger partial charge in [0, 0.05) is 12.1 Å². The third kappa shape index (κ3) is 2.01. The Morgan fingerprint density at radius 1 is 1.47 bits per heavy atom. The maximum Gasteiger partial charge on any atom is 0.215 e. The molecule has 15 heavy (non-hydrogen) atoms. The lowest BCUT2D eigenvalue weighted by atomic mass is 9.89. The van der Waals surface area contributed by atoms with Crippen LogP contribution in [0.15, 0.2) is 6.20 Å². The van der Waals surface area contributed by atoms with Crippen molar-refractivity contribution in [3.05, 3.63) is 11.8 Å². The van der Waals surface area contributed by atoms with Gasteiger partial charge in [-0.05, 0) is 17.8 Å². The first-order valence-electron chi connectivity index (χ1n) is 5.67. The molecule has 0 N–H and O–H groups in total. The van der Waals surface area contributed by atoms with Gasteiger partial charge in [-0.1, -0.05) is 27.7 Å². The summed E-state index contributed by atoms with van der Waals surface area (Å²) in [6.07, 6.45) is 3.07. The molecule has 1 aromatic rings. The summed E-state index contributed by atoms with van der Waals surface area (Å²) in [6.45, 7) is 10.6. The smallest absolute Gasteiger partial charge is 0.215 e. The van der Waals surface area contributed by atoms with Gasteiger partial charge in [-0.3, -0.25) is 0 Å². The van der Waals surface area contributed by atoms with Crippen molar-refractivity contribution in [1.29, 1.82) is 0 Å². The zero-order valence-corrected chi connectivity index (χ0v) is 10.1. The molecule has 0 radical (unpaired) electrons. The molecular formula is C12H20N2O. The van der Waals surface area contributed by atoms with Crippen molar-refractivity contribution >= 4 is 0 Å². The van der Waals surface area contributed by atoms with E-state index in [0.717, 1.165) is 25.5 Å². The zero-order chi connectivity index (χ0) is 11.1. The van der Waals surface area contributed by atoms with Crippen LogP contribution < -0.4 is 4.74 Å². The predicted molar refractivity (Wildman–Crippen MR) is 60.2 cm³/mol.